The summed E-state index contributed by atoms with van der Waals surface area (Å²) in [6.45, 7) is 4.08. The van der Waals surface area contributed by atoms with Crippen molar-refractivity contribution >= 4 is 0 Å². The fourth-order valence-corrected chi connectivity index (χ4v) is 0. The Hall–Kier alpha value is 1.32. The van der Waals surface area contributed by atoms with E-state index in [2.05, 4.69) is 0 Å². The van der Waals surface area contributed by atoms with Crippen LogP contribution in [0, 0.1) is 39.8 Å². The summed E-state index contributed by atoms with van der Waals surface area (Å²) in [5.41, 5.74) is 0. The van der Waals surface area contributed by atoms with Crippen molar-refractivity contribution in [1.29, 1.82) is 0 Å². The summed E-state index contributed by atoms with van der Waals surface area (Å²) in [4.78, 5) is 0. The van der Waals surface area contributed by atoms with Gasteiger partial charge in [0.15, 0.2) is 0 Å². The zero-order chi connectivity index (χ0) is 4.28. The molecule has 0 saturated heterocycles. The number of hydrogen-bond acceptors (Lipinski definition) is 1. The Morgan fingerprint density at radius 1 is 1.60 bits per heavy atom. The van der Waals surface area contributed by atoms with Gasteiger partial charge in [0, 0.05) is 0 Å². The van der Waals surface area contributed by atoms with Crippen molar-refractivity contribution < 1.29 is 40.8 Å². The zero-order valence-electron chi connectivity index (χ0n) is 3.56. The molecule has 0 amide bonds. The molecule has 0 atom stereocenters. The molecule has 0 heterocycles. The van der Waals surface area contributed by atoms with E-state index in [1.807, 2.05) is 13.8 Å². The van der Waals surface area contributed by atoms with Gasteiger partial charge in [0.1, 0.15) is 0 Å². The summed E-state index contributed by atoms with van der Waals surface area (Å²) in [5.74, 6) is 0. The molecule has 0 aromatic heterocycles. The van der Waals surface area contributed by atoms with Gasteiger partial charge in [-0.15, -0.1) is 0 Å². The molecule has 0 unspecified atom stereocenters. The molecule has 0 fully saturated rings. The molecule has 0 rings (SSSR count). The molecule has 5 heavy (non-hydrogen) atoms. The van der Waals surface area contributed by atoms with Crippen LogP contribution in [0.4, 0.5) is 0 Å². The third-order valence-electron chi connectivity index (χ3n) is 0.272. The summed E-state index contributed by atoms with van der Waals surface area (Å²) < 4.78 is 4.92. The van der Waals surface area contributed by atoms with E-state index in [1.54, 1.807) is 0 Å². The zero-order valence-corrected chi connectivity index (χ0v) is 7.27. The van der Waals surface area contributed by atoms with Crippen LogP contribution in [0.25, 0.3) is 0 Å². The molecule has 0 aliphatic heterocycles. The van der Waals surface area contributed by atoms with Crippen molar-refractivity contribution in [1.82, 2.24) is 0 Å². The summed E-state index contributed by atoms with van der Waals surface area (Å²) in [7, 11) is 0. The minimum atomic E-state index is 0.458. The standard InChI is InChI=1S/C3H7O.Pr/c1-3(2)4;/h3H,1-2H3;/q-1;+1. The van der Waals surface area contributed by atoms with E-state index >= 15 is 0 Å². The van der Waals surface area contributed by atoms with Crippen molar-refractivity contribution in [2.24, 2.45) is 0 Å². The van der Waals surface area contributed by atoms with E-state index in [4.69, 9.17) is 1.01 Å². The van der Waals surface area contributed by atoms with Crippen LogP contribution in [0.2, 0.25) is 0 Å². The van der Waals surface area contributed by atoms with Crippen molar-refractivity contribution in [3.63, 3.8) is 0 Å². The van der Waals surface area contributed by atoms with Crippen LogP contribution in [0.1, 0.15) is 13.8 Å². The van der Waals surface area contributed by atoms with Gasteiger partial charge in [-0.3, -0.25) is 0 Å². The molecule has 0 radical (unpaired) electrons. The predicted octanol–water partition coefficient (Wildman–Crippen LogP) is 0.876. The molecule has 2 heteroatoms. The molecule has 0 aliphatic rings. The van der Waals surface area contributed by atoms with Crippen molar-refractivity contribution in [2.45, 2.75) is 20.0 Å². The summed E-state index contributed by atoms with van der Waals surface area (Å²) in [6.07, 6.45) is 0.458. The van der Waals surface area contributed by atoms with Gasteiger partial charge in [-0.2, -0.15) is 0 Å². The Morgan fingerprint density at radius 3 is 1.80 bits per heavy atom. The van der Waals surface area contributed by atoms with Crippen LogP contribution < -0.4 is 0 Å². The third-order valence-corrected chi connectivity index (χ3v) is 2.02. The monoisotopic (exact) mass is 200 g/mol. The molecule has 28 valence electrons. The summed E-state index contributed by atoms with van der Waals surface area (Å²) in [6, 6.07) is 0. The summed E-state index contributed by atoms with van der Waals surface area (Å²) >= 11 is 0.708. The fourth-order valence-electron chi connectivity index (χ4n) is 0. The van der Waals surface area contributed by atoms with E-state index in [9.17, 15) is 0 Å². The molecule has 0 aromatic rings. The van der Waals surface area contributed by atoms with Crippen LogP contribution in [0.3, 0.4) is 0 Å². The van der Waals surface area contributed by atoms with Crippen LogP contribution >= 0.6 is 0 Å². The first-order valence-corrected chi connectivity index (χ1v) is 3.14. The molecular weight excluding hydrogens is 193 g/mol. The third kappa shape index (κ3) is 5.32. The molecule has 1 nitrogen and oxygen atoms in total. The van der Waals surface area contributed by atoms with Gasteiger partial charge in [-0.25, -0.2) is 0 Å². The Kier molecular flexibility index (Phi) is 4.44. The van der Waals surface area contributed by atoms with Crippen LogP contribution in [0.5, 0.6) is 0 Å². The summed E-state index contributed by atoms with van der Waals surface area (Å²) in [5, 5.41) is 0. The second-order valence-electron chi connectivity index (χ2n) is 1.18. The second-order valence-corrected chi connectivity index (χ2v) is 2.06. The Morgan fingerprint density at radius 2 is 1.80 bits per heavy atom. The van der Waals surface area contributed by atoms with Gasteiger partial charge < -0.3 is 0 Å². The molecule has 0 aliphatic carbocycles. The Labute approximate surface area is 60.1 Å². The van der Waals surface area contributed by atoms with Gasteiger partial charge in [0.2, 0.25) is 0 Å². The van der Waals surface area contributed by atoms with E-state index in [-0.39, 0.29) is 0 Å². The molecule has 0 aromatic carbocycles. The quantitative estimate of drug-likeness (QED) is 0.610. The minimum absolute atomic E-state index is 0.458. The van der Waals surface area contributed by atoms with Crippen LogP contribution in [0.15, 0.2) is 0 Å². The Bertz CT molecular complexity index is 20.9. The van der Waals surface area contributed by atoms with Crippen molar-refractivity contribution in [3.8, 4) is 0 Å². The predicted molar refractivity (Wildman–Crippen MR) is 16.2 cm³/mol. The Balaban J connectivity index is 2.54. The van der Waals surface area contributed by atoms with Gasteiger partial charge >= 0.3 is 60.8 Å². The van der Waals surface area contributed by atoms with Gasteiger partial charge in [-0.05, 0) is 0 Å². The van der Waals surface area contributed by atoms with E-state index in [0.717, 1.165) is 0 Å². The number of rotatable bonds is 1. The van der Waals surface area contributed by atoms with Crippen molar-refractivity contribution in [2.75, 3.05) is 0 Å². The first kappa shape index (κ1) is 6.32. The average Bonchev–Trinajstić information content (AvgIpc) is 1.38. The van der Waals surface area contributed by atoms with E-state index in [0.29, 0.717) is 45.9 Å². The fraction of sp³-hybridized carbons (Fsp3) is 1.00. The molecular formula is C3H7OPr. The second kappa shape index (κ2) is 3.51. The molecule has 0 N–H and O–H groups in total. The van der Waals surface area contributed by atoms with Crippen molar-refractivity contribution in [3.05, 3.63) is 0 Å². The van der Waals surface area contributed by atoms with Crippen LogP contribution in [-0.4, -0.2) is 6.10 Å². The SMILES string of the molecule is CC(C)[O][Pr]. The van der Waals surface area contributed by atoms with Gasteiger partial charge in [-0.1, -0.05) is 0 Å². The molecule has 0 saturated carbocycles. The van der Waals surface area contributed by atoms with E-state index < -0.39 is 0 Å². The average molecular weight is 200 g/mol. The van der Waals surface area contributed by atoms with E-state index in [1.165, 1.54) is 0 Å². The maximum atomic E-state index is 4.92. The maximum absolute atomic E-state index is 4.92. The van der Waals surface area contributed by atoms with Gasteiger partial charge in [0.05, 0.1) is 0 Å². The number of hydrogen-bond donors (Lipinski definition) is 0. The van der Waals surface area contributed by atoms with Gasteiger partial charge in [0.25, 0.3) is 0 Å². The normalized spacial score (nSPS) is 9.20. The first-order chi connectivity index (χ1) is 2.27. The topological polar surface area (TPSA) is 9.23 Å². The molecule has 0 bridgehead atoms. The van der Waals surface area contributed by atoms with Crippen LogP contribution in [-0.2, 0) is 1.01 Å². The molecule has 0 spiro atoms. The first-order valence-electron chi connectivity index (χ1n) is 1.63.